The summed E-state index contributed by atoms with van der Waals surface area (Å²) in [6, 6.07) is 10.6. The van der Waals surface area contributed by atoms with Gasteiger partial charge < -0.3 is 5.11 Å². The van der Waals surface area contributed by atoms with Gasteiger partial charge in [-0.25, -0.2) is 0 Å². The minimum atomic E-state index is -0.872. The highest BCUT2D eigenvalue weighted by atomic mass is 79.9. The number of likely N-dealkylation sites (N-methyl/N-ethyl adjacent to an activating group) is 1. The van der Waals surface area contributed by atoms with Crippen LogP contribution in [0.15, 0.2) is 47.1 Å². The van der Waals surface area contributed by atoms with E-state index < -0.39 is 12.0 Å². The maximum Gasteiger partial charge on any atom is 0.325 e. The summed E-state index contributed by atoms with van der Waals surface area (Å²) in [6.07, 6.45) is 1.79. The van der Waals surface area contributed by atoms with Crippen molar-refractivity contribution in [3.8, 4) is 0 Å². The summed E-state index contributed by atoms with van der Waals surface area (Å²) in [4.78, 5) is 17.7. The van der Waals surface area contributed by atoms with E-state index >= 15 is 0 Å². The first-order chi connectivity index (χ1) is 9.97. The molecule has 2 aromatic rings. The van der Waals surface area contributed by atoms with Crippen molar-refractivity contribution in [3.05, 3.63) is 63.9 Å². The maximum absolute atomic E-state index is 11.6. The van der Waals surface area contributed by atoms with Gasteiger partial charge in [0.15, 0.2) is 0 Å². The summed E-state index contributed by atoms with van der Waals surface area (Å²) in [5, 5.41) is 9.53. The highest BCUT2D eigenvalue weighted by Crippen LogP contribution is 2.24. The molecule has 0 amide bonds. The molecule has 0 aliphatic rings. The molecule has 1 heterocycles. The molecule has 0 radical (unpaired) electrons. The average Bonchev–Trinajstić information content (AvgIpc) is 2.41. The van der Waals surface area contributed by atoms with Crippen molar-refractivity contribution < 1.29 is 9.90 Å². The number of carboxylic acids is 1. The third-order valence-corrected chi connectivity index (χ3v) is 3.72. The van der Waals surface area contributed by atoms with E-state index in [0.717, 1.165) is 21.3 Å². The fourth-order valence-corrected chi connectivity index (χ4v) is 2.62. The van der Waals surface area contributed by atoms with Crippen molar-refractivity contribution in [2.75, 3.05) is 7.05 Å². The molecule has 110 valence electrons. The number of aromatic nitrogens is 1. The van der Waals surface area contributed by atoms with Gasteiger partial charge in [-0.05, 0) is 43.3 Å². The number of hydrogen-bond acceptors (Lipinski definition) is 3. The van der Waals surface area contributed by atoms with E-state index in [4.69, 9.17) is 0 Å². The van der Waals surface area contributed by atoms with Gasteiger partial charge in [0.05, 0.1) is 5.69 Å². The van der Waals surface area contributed by atoms with E-state index in [9.17, 15) is 9.90 Å². The lowest BCUT2D eigenvalue weighted by Gasteiger charge is -2.24. The zero-order chi connectivity index (χ0) is 15.4. The van der Waals surface area contributed by atoms with Crippen LogP contribution < -0.4 is 0 Å². The maximum atomic E-state index is 11.6. The number of hydrogen-bond donors (Lipinski definition) is 1. The molecular weight excluding hydrogens is 332 g/mol. The fraction of sp³-hybridized carbons (Fsp3) is 0.250. The van der Waals surface area contributed by atoms with Gasteiger partial charge in [0.2, 0.25) is 0 Å². The van der Waals surface area contributed by atoms with Gasteiger partial charge in [-0.3, -0.25) is 14.7 Å². The summed E-state index contributed by atoms with van der Waals surface area (Å²) in [7, 11) is 1.79. The predicted molar refractivity (Wildman–Crippen MR) is 85.0 cm³/mol. The van der Waals surface area contributed by atoms with Crippen molar-refractivity contribution in [3.63, 3.8) is 0 Å². The Labute approximate surface area is 132 Å². The van der Waals surface area contributed by atoms with Crippen molar-refractivity contribution in [1.82, 2.24) is 9.88 Å². The standard InChI is InChI=1S/C16H17BrN2O2/c1-11-6-7-14(18-9-11)10-19(2)15(16(20)21)12-4-3-5-13(17)8-12/h3-9,15H,10H2,1-2H3,(H,20,21). The van der Waals surface area contributed by atoms with E-state index in [1.807, 2.05) is 43.3 Å². The number of carboxylic acid groups (broad SMARTS) is 1. The summed E-state index contributed by atoms with van der Waals surface area (Å²) in [6.45, 7) is 2.45. The molecule has 0 fully saturated rings. The average molecular weight is 349 g/mol. The van der Waals surface area contributed by atoms with Gasteiger partial charge in [0.1, 0.15) is 6.04 Å². The molecule has 1 N–H and O–H groups in total. The fourth-order valence-electron chi connectivity index (χ4n) is 2.20. The summed E-state index contributed by atoms with van der Waals surface area (Å²) in [5.74, 6) is -0.872. The van der Waals surface area contributed by atoms with E-state index in [-0.39, 0.29) is 0 Å². The smallest absolute Gasteiger partial charge is 0.325 e. The zero-order valence-corrected chi connectivity index (χ0v) is 13.5. The van der Waals surface area contributed by atoms with Crippen LogP contribution in [0.1, 0.15) is 22.9 Å². The van der Waals surface area contributed by atoms with Crippen LogP contribution in [0.4, 0.5) is 0 Å². The Morgan fingerprint density at radius 1 is 1.38 bits per heavy atom. The quantitative estimate of drug-likeness (QED) is 0.899. The van der Waals surface area contributed by atoms with Crippen molar-refractivity contribution >= 4 is 21.9 Å². The number of carbonyl (C=O) groups is 1. The van der Waals surface area contributed by atoms with Gasteiger partial charge in [-0.2, -0.15) is 0 Å². The minimum absolute atomic E-state index is 0.476. The number of halogens is 1. The second-order valence-electron chi connectivity index (χ2n) is 5.04. The van der Waals surface area contributed by atoms with Crippen LogP contribution in [0.25, 0.3) is 0 Å². The molecule has 0 aliphatic heterocycles. The first-order valence-corrected chi connectivity index (χ1v) is 7.36. The van der Waals surface area contributed by atoms with Crippen LogP contribution in [0.2, 0.25) is 0 Å². The Morgan fingerprint density at radius 3 is 2.71 bits per heavy atom. The van der Waals surface area contributed by atoms with Gasteiger partial charge in [-0.15, -0.1) is 0 Å². The monoisotopic (exact) mass is 348 g/mol. The number of rotatable bonds is 5. The Kier molecular flexibility index (Phi) is 5.09. The number of nitrogens with zero attached hydrogens (tertiary/aromatic N) is 2. The lowest BCUT2D eigenvalue weighted by Crippen LogP contribution is -2.30. The van der Waals surface area contributed by atoms with E-state index in [1.54, 1.807) is 18.1 Å². The Bertz CT molecular complexity index is 628. The number of benzene rings is 1. The lowest BCUT2D eigenvalue weighted by molar-refractivity contribution is -0.143. The molecule has 1 aromatic heterocycles. The van der Waals surface area contributed by atoms with E-state index in [0.29, 0.717) is 6.54 Å². The minimum Gasteiger partial charge on any atom is -0.480 e. The SMILES string of the molecule is Cc1ccc(CN(C)C(C(=O)O)c2cccc(Br)c2)nc1. The molecule has 0 aliphatic carbocycles. The topological polar surface area (TPSA) is 53.4 Å². The number of pyridine rings is 1. The molecule has 0 saturated carbocycles. The zero-order valence-electron chi connectivity index (χ0n) is 12.0. The van der Waals surface area contributed by atoms with E-state index in [1.165, 1.54) is 0 Å². The van der Waals surface area contributed by atoms with E-state index in [2.05, 4.69) is 20.9 Å². The number of aryl methyl sites for hydroxylation is 1. The molecule has 1 unspecified atom stereocenters. The van der Waals surface area contributed by atoms with Crippen LogP contribution in [0.5, 0.6) is 0 Å². The van der Waals surface area contributed by atoms with Gasteiger partial charge >= 0.3 is 5.97 Å². The molecule has 4 nitrogen and oxygen atoms in total. The lowest BCUT2D eigenvalue weighted by atomic mass is 10.1. The summed E-state index contributed by atoms with van der Waals surface area (Å²) in [5.41, 5.74) is 2.68. The van der Waals surface area contributed by atoms with Gasteiger partial charge in [-0.1, -0.05) is 34.1 Å². The number of aliphatic carboxylic acids is 1. The first-order valence-electron chi connectivity index (χ1n) is 6.57. The summed E-state index contributed by atoms with van der Waals surface area (Å²) >= 11 is 3.38. The van der Waals surface area contributed by atoms with Gasteiger partial charge in [0, 0.05) is 17.2 Å². The molecule has 21 heavy (non-hydrogen) atoms. The largest absolute Gasteiger partial charge is 0.480 e. The van der Waals surface area contributed by atoms with Crippen molar-refractivity contribution in [1.29, 1.82) is 0 Å². The second kappa shape index (κ2) is 6.83. The van der Waals surface area contributed by atoms with Crippen molar-refractivity contribution in [2.45, 2.75) is 19.5 Å². The second-order valence-corrected chi connectivity index (χ2v) is 5.95. The van der Waals surface area contributed by atoms with Crippen LogP contribution in [-0.4, -0.2) is 28.0 Å². The van der Waals surface area contributed by atoms with Crippen molar-refractivity contribution in [2.24, 2.45) is 0 Å². The van der Waals surface area contributed by atoms with Crippen LogP contribution in [-0.2, 0) is 11.3 Å². The molecule has 0 bridgehead atoms. The van der Waals surface area contributed by atoms with Crippen LogP contribution in [0, 0.1) is 6.92 Å². The predicted octanol–water partition coefficient (Wildman–Crippen LogP) is 3.41. The molecule has 2 rings (SSSR count). The first kappa shape index (κ1) is 15.7. The Morgan fingerprint density at radius 2 is 2.14 bits per heavy atom. The Hall–Kier alpha value is -1.72. The van der Waals surface area contributed by atoms with Crippen LogP contribution in [0.3, 0.4) is 0 Å². The van der Waals surface area contributed by atoms with Gasteiger partial charge in [0.25, 0.3) is 0 Å². The summed E-state index contributed by atoms with van der Waals surface area (Å²) < 4.78 is 0.869. The molecule has 5 heteroatoms. The molecular formula is C16H17BrN2O2. The van der Waals surface area contributed by atoms with Crippen LogP contribution >= 0.6 is 15.9 Å². The Balaban J connectivity index is 2.22. The molecule has 0 spiro atoms. The highest BCUT2D eigenvalue weighted by molar-refractivity contribution is 9.10. The third-order valence-electron chi connectivity index (χ3n) is 3.22. The molecule has 1 aromatic carbocycles. The normalized spacial score (nSPS) is 12.4. The molecule has 1 atom stereocenters. The molecule has 0 saturated heterocycles. The highest BCUT2D eigenvalue weighted by Gasteiger charge is 2.25. The third kappa shape index (κ3) is 4.12.